The SMILES string of the molecule is O=C(C[C@H]1CCCNC1)OCc1ccccc1. The van der Waals surface area contributed by atoms with Crippen LogP contribution in [-0.4, -0.2) is 19.1 Å². The van der Waals surface area contributed by atoms with Gasteiger partial charge in [0.25, 0.3) is 0 Å². The van der Waals surface area contributed by atoms with E-state index in [1.54, 1.807) is 0 Å². The number of benzene rings is 1. The van der Waals surface area contributed by atoms with Gasteiger partial charge in [0.05, 0.1) is 0 Å². The van der Waals surface area contributed by atoms with Crippen molar-refractivity contribution >= 4 is 5.97 Å². The maximum Gasteiger partial charge on any atom is 0.306 e. The van der Waals surface area contributed by atoms with Crippen LogP contribution in [0.3, 0.4) is 0 Å². The van der Waals surface area contributed by atoms with Gasteiger partial charge in [-0.05, 0) is 37.4 Å². The Bertz CT molecular complexity index is 344. The van der Waals surface area contributed by atoms with Crippen LogP contribution in [0, 0.1) is 5.92 Å². The summed E-state index contributed by atoms with van der Waals surface area (Å²) in [6, 6.07) is 9.80. The fourth-order valence-electron chi connectivity index (χ4n) is 2.13. The molecule has 0 spiro atoms. The lowest BCUT2D eigenvalue weighted by Gasteiger charge is -2.21. The summed E-state index contributed by atoms with van der Waals surface area (Å²) in [7, 11) is 0. The van der Waals surface area contributed by atoms with E-state index in [2.05, 4.69) is 5.32 Å². The van der Waals surface area contributed by atoms with Gasteiger partial charge in [0.15, 0.2) is 0 Å². The van der Waals surface area contributed by atoms with Crippen molar-refractivity contribution in [2.75, 3.05) is 13.1 Å². The lowest BCUT2D eigenvalue weighted by atomic mass is 9.96. The summed E-state index contributed by atoms with van der Waals surface area (Å²) in [5.41, 5.74) is 1.04. The van der Waals surface area contributed by atoms with E-state index >= 15 is 0 Å². The molecule has 0 saturated carbocycles. The van der Waals surface area contributed by atoms with Crippen molar-refractivity contribution in [3.63, 3.8) is 0 Å². The zero-order chi connectivity index (χ0) is 11.9. The van der Waals surface area contributed by atoms with E-state index in [0.717, 1.165) is 31.5 Å². The third kappa shape index (κ3) is 4.19. The van der Waals surface area contributed by atoms with Gasteiger partial charge in [-0.25, -0.2) is 0 Å². The Balaban J connectivity index is 1.70. The van der Waals surface area contributed by atoms with Crippen LogP contribution >= 0.6 is 0 Å². The van der Waals surface area contributed by atoms with E-state index in [9.17, 15) is 4.79 Å². The molecule has 3 heteroatoms. The lowest BCUT2D eigenvalue weighted by Crippen LogP contribution is -2.31. The Morgan fingerprint density at radius 3 is 2.88 bits per heavy atom. The van der Waals surface area contributed by atoms with Gasteiger partial charge in [-0.3, -0.25) is 4.79 Å². The topological polar surface area (TPSA) is 38.3 Å². The third-order valence-electron chi connectivity index (χ3n) is 3.10. The standard InChI is InChI=1S/C14H19NO2/c16-14(9-13-7-4-8-15-10-13)17-11-12-5-2-1-3-6-12/h1-3,5-6,13,15H,4,7-11H2/t13-/m1/s1. The molecule has 1 N–H and O–H groups in total. The molecule has 1 aliphatic rings. The minimum Gasteiger partial charge on any atom is -0.461 e. The number of hydrogen-bond acceptors (Lipinski definition) is 3. The molecule has 1 aliphatic heterocycles. The van der Waals surface area contributed by atoms with Crippen LogP contribution in [0.4, 0.5) is 0 Å². The zero-order valence-corrected chi connectivity index (χ0v) is 10.0. The monoisotopic (exact) mass is 233 g/mol. The molecule has 0 radical (unpaired) electrons. The predicted molar refractivity (Wildman–Crippen MR) is 66.4 cm³/mol. The second-order valence-electron chi connectivity index (χ2n) is 4.56. The summed E-state index contributed by atoms with van der Waals surface area (Å²) < 4.78 is 5.26. The average molecular weight is 233 g/mol. The largest absolute Gasteiger partial charge is 0.461 e. The van der Waals surface area contributed by atoms with Gasteiger partial charge in [0, 0.05) is 6.42 Å². The van der Waals surface area contributed by atoms with Crippen molar-refractivity contribution < 1.29 is 9.53 Å². The molecule has 1 heterocycles. The molecule has 0 bridgehead atoms. The van der Waals surface area contributed by atoms with Gasteiger partial charge < -0.3 is 10.1 Å². The number of ether oxygens (including phenoxy) is 1. The smallest absolute Gasteiger partial charge is 0.306 e. The van der Waals surface area contributed by atoms with Crippen LogP contribution in [0.1, 0.15) is 24.8 Å². The minimum atomic E-state index is -0.0810. The highest BCUT2D eigenvalue weighted by molar-refractivity contribution is 5.69. The second kappa shape index (κ2) is 6.40. The number of carbonyl (C=O) groups excluding carboxylic acids is 1. The normalized spacial score (nSPS) is 19.9. The molecule has 3 nitrogen and oxygen atoms in total. The van der Waals surface area contributed by atoms with Gasteiger partial charge in [0.2, 0.25) is 0 Å². The van der Waals surface area contributed by atoms with Gasteiger partial charge in [0.1, 0.15) is 6.61 Å². The number of piperidine rings is 1. The van der Waals surface area contributed by atoms with Gasteiger partial charge >= 0.3 is 5.97 Å². The fraction of sp³-hybridized carbons (Fsp3) is 0.500. The highest BCUT2D eigenvalue weighted by atomic mass is 16.5. The van der Waals surface area contributed by atoms with Crippen molar-refractivity contribution in [1.82, 2.24) is 5.32 Å². The summed E-state index contributed by atoms with van der Waals surface area (Å²) in [5.74, 6) is 0.370. The Hall–Kier alpha value is -1.35. The minimum absolute atomic E-state index is 0.0810. The first-order valence-electron chi connectivity index (χ1n) is 6.25. The van der Waals surface area contributed by atoms with Gasteiger partial charge in [-0.15, -0.1) is 0 Å². The Kier molecular flexibility index (Phi) is 4.56. The number of hydrogen-bond donors (Lipinski definition) is 1. The molecule has 0 aliphatic carbocycles. The highest BCUT2D eigenvalue weighted by Crippen LogP contribution is 2.15. The van der Waals surface area contributed by atoms with E-state index in [1.165, 1.54) is 0 Å². The van der Waals surface area contributed by atoms with Crippen LogP contribution in [0.5, 0.6) is 0 Å². The number of nitrogens with one attached hydrogen (secondary N) is 1. The first kappa shape index (κ1) is 12.1. The summed E-state index contributed by atoms with van der Waals surface area (Å²) in [5, 5.41) is 3.31. The van der Waals surface area contributed by atoms with Gasteiger partial charge in [-0.1, -0.05) is 30.3 Å². The van der Waals surface area contributed by atoms with Crippen molar-refractivity contribution in [2.24, 2.45) is 5.92 Å². The molecule has 1 aromatic carbocycles. The summed E-state index contributed by atoms with van der Waals surface area (Å²) in [6.07, 6.45) is 2.84. The molecular weight excluding hydrogens is 214 g/mol. The average Bonchev–Trinajstić information content (AvgIpc) is 2.39. The summed E-state index contributed by atoms with van der Waals surface area (Å²) >= 11 is 0. The molecule has 0 amide bonds. The van der Waals surface area contributed by atoms with Crippen LogP contribution in [0.25, 0.3) is 0 Å². The molecule has 0 aromatic heterocycles. The second-order valence-corrected chi connectivity index (χ2v) is 4.56. The molecule has 17 heavy (non-hydrogen) atoms. The quantitative estimate of drug-likeness (QED) is 0.810. The summed E-state index contributed by atoms with van der Waals surface area (Å²) in [6.45, 7) is 2.41. The predicted octanol–water partition coefficient (Wildman–Crippen LogP) is 2.12. The van der Waals surface area contributed by atoms with Crippen LogP contribution in [0.15, 0.2) is 30.3 Å². The maximum atomic E-state index is 11.6. The molecule has 92 valence electrons. The Labute approximate surface area is 102 Å². The van der Waals surface area contributed by atoms with Crippen molar-refractivity contribution in [3.8, 4) is 0 Å². The fourth-order valence-corrected chi connectivity index (χ4v) is 2.13. The van der Waals surface area contributed by atoms with E-state index in [1.807, 2.05) is 30.3 Å². The first-order chi connectivity index (χ1) is 8.34. The highest BCUT2D eigenvalue weighted by Gasteiger charge is 2.17. The molecule has 1 aromatic rings. The van der Waals surface area contributed by atoms with Gasteiger partial charge in [-0.2, -0.15) is 0 Å². The van der Waals surface area contributed by atoms with Crippen molar-refractivity contribution in [3.05, 3.63) is 35.9 Å². The number of carbonyl (C=O) groups is 1. The zero-order valence-electron chi connectivity index (χ0n) is 10.0. The molecule has 0 unspecified atom stereocenters. The Morgan fingerprint density at radius 2 is 2.18 bits per heavy atom. The van der Waals surface area contributed by atoms with Crippen LogP contribution in [-0.2, 0) is 16.1 Å². The first-order valence-corrected chi connectivity index (χ1v) is 6.25. The molecule has 1 saturated heterocycles. The molecule has 2 rings (SSSR count). The van der Waals surface area contributed by atoms with E-state index in [-0.39, 0.29) is 5.97 Å². The van der Waals surface area contributed by atoms with E-state index in [4.69, 9.17) is 4.74 Å². The van der Waals surface area contributed by atoms with E-state index < -0.39 is 0 Å². The third-order valence-corrected chi connectivity index (χ3v) is 3.10. The maximum absolute atomic E-state index is 11.6. The molecule has 1 atom stereocenters. The molecular formula is C14H19NO2. The number of rotatable bonds is 4. The Morgan fingerprint density at radius 1 is 1.35 bits per heavy atom. The summed E-state index contributed by atoms with van der Waals surface area (Å²) in [4.78, 5) is 11.6. The van der Waals surface area contributed by atoms with Crippen LogP contribution in [0.2, 0.25) is 0 Å². The number of esters is 1. The van der Waals surface area contributed by atoms with E-state index in [0.29, 0.717) is 18.9 Å². The van der Waals surface area contributed by atoms with Crippen molar-refractivity contribution in [1.29, 1.82) is 0 Å². The van der Waals surface area contributed by atoms with Crippen LogP contribution < -0.4 is 5.32 Å². The lowest BCUT2D eigenvalue weighted by molar-refractivity contribution is -0.146. The molecule has 1 fully saturated rings. The van der Waals surface area contributed by atoms with Crippen molar-refractivity contribution in [2.45, 2.75) is 25.9 Å².